The van der Waals surface area contributed by atoms with Crippen molar-refractivity contribution in [3.8, 4) is 5.75 Å². The predicted molar refractivity (Wildman–Crippen MR) is 85.5 cm³/mol. The van der Waals surface area contributed by atoms with Crippen LogP contribution in [0.5, 0.6) is 5.75 Å². The van der Waals surface area contributed by atoms with Gasteiger partial charge in [0.1, 0.15) is 5.75 Å². The maximum atomic E-state index is 11.9. The summed E-state index contributed by atoms with van der Waals surface area (Å²) in [6.45, 7) is 7.04. The first-order valence-electron chi connectivity index (χ1n) is 7.84. The lowest BCUT2D eigenvalue weighted by molar-refractivity contribution is 0.0946. The van der Waals surface area contributed by atoms with Crippen molar-refractivity contribution in [1.82, 2.24) is 5.32 Å². The first-order chi connectivity index (χ1) is 9.99. The molecule has 2 atom stereocenters. The van der Waals surface area contributed by atoms with Gasteiger partial charge in [0, 0.05) is 12.1 Å². The molecule has 1 fully saturated rings. The molecule has 0 spiro atoms. The third kappa shape index (κ3) is 4.13. The molecule has 4 nitrogen and oxygen atoms in total. The van der Waals surface area contributed by atoms with E-state index in [1.165, 1.54) is 6.42 Å². The Morgan fingerprint density at radius 1 is 1.29 bits per heavy atom. The number of benzene rings is 1. The summed E-state index contributed by atoms with van der Waals surface area (Å²) in [6.07, 6.45) is 3.55. The molecule has 0 heterocycles. The van der Waals surface area contributed by atoms with Crippen molar-refractivity contribution < 1.29 is 9.53 Å². The molecule has 2 unspecified atom stereocenters. The molecule has 0 saturated heterocycles. The van der Waals surface area contributed by atoms with Gasteiger partial charge in [-0.05, 0) is 56.2 Å². The van der Waals surface area contributed by atoms with Crippen LogP contribution in [0.15, 0.2) is 18.2 Å². The van der Waals surface area contributed by atoms with E-state index >= 15 is 0 Å². The summed E-state index contributed by atoms with van der Waals surface area (Å²) < 4.78 is 6.09. The van der Waals surface area contributed by atoms with Gasteiger partial charge in [-0.25, -0.2) is 0 Å². The van der Waals surface area contributed by atoms with Crippen LogP contribution in [-0.4, -0.2) is 18.6 Å². The minimum absolute atomic E-state index is 0.0901. The molecule has 1 aliphatic carbocycles. The van der Waals surface area contributed by atoms with Gasteiger partial charge in [-0.3, -0.25) is 4.79 Å². The fraction of sp³-hybridized carbons (Fsp3) is 0.588. The number of hydrogen-bond acceptors (Lipinski definition) is 3. The minimum Gasteiger partial charge on any atom is -0.488 e. The lowest BCUT2D eigenvalue weighted by atomic mass is 9.82. The molecule has 4 heteroatoms. The molecule has 2 rings (SSSR count). The largest absolute Gasteiger partial charge is 0.488 e. The van der Waals surface area contributed by atoms with E-state index in [9.17, 15) is 4.79 Å². The molecule has 1 aromatic carbocycles. The second-order valence-electron chi connectivity index (χ2n) is 6.27. The van der Waals surface area contributed by atoms with Gasteiger partial charge in [0.2, 0.25) is 0 Å². The number of nitrogens with one attached hydrogen (secondary N) is 1. The van der Waals surface area contributed by atoms with Crippen LogP contribution in [0.2, 0.25) is 0 Å². The van der Waals surface area contributed by atoms with E-state index in [1.807, 2.05) is 6.92 Å². The first kappa shape index (κ1) is 15.7. The quantitative estimate of drug-likeness (QED) is 0.837. The zero-order valence-electron chi connectivity index (χ0n) is 13.2. The zero-order chi connectivity index (χ0) is 15.4. The molecule has 21 heavy (non-hydrogen) atoms. The highest BCUT2D eigenvalue weighted by molar-refractivity contribution is 5.95. The van der Waals surface area contributed by atoms with E-state index < -0.39 is 0 Å². The third-order valence-electron chi connectivity index (χ3n) is 4.04. The van der Waals surface area contributed by atoms with E-state index in [1.54, 1.807) is 18.2 Å². The minimum atomic E-state index is -0.0901. The van der Waals surface area contributed by atoms with Crippen molar-refractivity contribution in [2.75, 3.05) is 12.3 Å². The van der Waals surface area contributed by atoms with Crippen LogP contribution >= 0.6 is 0 Å². The second kappa shape index (κ2) is 6.83. The standard InChI is InChI=1S/C17H26N2O2/c1-4-19-17(20)13-5-6-15(18)16(10-13)21-14-8-11(2)7-12(3)9-14/h5-6,10-12,14H,4,7-9,18H2,1-3H3,(H,19,20). The Balaban J connectivity index is 2.11. The fourth-order valence-electron chi connectivity index (χ4n) is 3.19. The molecule has 0 radical (unpaired) electrons. The Bertz CT molecular complexity index is 492. The van der Waals surface area contributed by atoms with Crippen LogP contribution in [0.3, 0.4) is 0 Å². The Morgan fingerprint density at radius 3 is 2.57 bits per heavy atom. The lowest BCUT2D eigenvalue weighted by Gasteiger charge is -2.32. The van der Waals surface area contributed by atoms with Crippen LogP contribution in [0, 0.1) is 11.8 Å². The third-order valence-corrected chi connectivity index (χ3v) is 4.04. The molecule has 0 aliphatic heterocycles. The van der Waals surface area contributed by atoms with Gasteiger partial charge in [0.05, 0.1) is 11.8 Å². The average Bonchev–Trinajstić information content (AvgIpc) is 2.40. The topological polar surface area (TPSA) is 64.4 Å². The Labute approximate surface area is 127 Å². The molecule has 0 bridgehead atoms. The van der Waals surface area contributed by atoms with Gasteiger partial charge in [-0.1, -0.05) is 13.8 Å². The summed E-state index contributed by atoms with van der Waals surface area (Å²) in [6, 6.07) is 5.24. The average molecular weight is 290 g/mol. The summed E-state index contributed by atoms with van der Waals surface area (Å²) >= 11 is 0. The van der Waals surface area contributed by atoms with Crippen molar-refractivity contribution in [1.29, 1.82) is 0 Å². The summed E-state index contributed by atoms with van der Waals surface area (Å²) in [5, 5.41) is 2.79. The van der Waals surface area contributed by atoms with Crippen LogP contribution < -0.4 is 15.8 Å². The van der Waals surface area contributed by atoms with E-state index in [-0.39, 0.29) is 12.0 Å². The Morgan fingerprint density at radius 2 is 1.95 bits per heavy atom. The Hall–Kier alpha value is -1.71. The van der Waals surface area contributed by atoms with E-state index in [4.69, 9.17) is 10.5 Å². The van der Waals surface area contributed by atoms with E-state index in [0.29, 0.717) is 35.4 Å². The van der Waals surface area contributed by atoms with Gasteiger partial charge < -0.3 is 15.8 Å². The van der Waals surface area contributed by atoms with E-state index in [0.717, 1.165) is 12.8 Å². The number of carbonyl (C=O) groups is 1. The number of ether oxygens (including phenoxy) is 1. The zero-order valence-corrected chi connectivity index (χ0v) is 13.2. The van der Waals surface area contributed by atoms with Crippen molar-refractivity contribution >= 4 is 11.6 Å². The summed E-state index contributed by atoms with van der Waals surface area (Å²) in [4.78, 5) is 11.9. The number of rotatable bonds is 4. The number of nitrogens with two attached hydrogens (primary N) is 1. The molecule has 0 aromatic heterocycles. The summed E-state index contributed by atoms with van der Waals surface area (Å²) in [5.41, 5.74) is 7.18. The molecule has 1 saturated carbocycles. The SMILES string of the molecule is CCNC(=O)c1ccc(N)c(OC2CC(C)CC(C)C2)c1. The van der Waals surface area contributed by atoms with Gasteiger partial charge in [0.15, 0.2) is 0 Å². The van der Waals surface area contributed by atoms with Crippen molar-refractivity contribution in [2.45, 2.75) is 46.1 Å². The van der Waals surface area contributed by atoms with Crippen LogP contribution in [0.1, 0.15) is 50.4 Å². The predicted octanol–water partition coefficient (Wildman–Crippen LogP) is 3.22. The van der Waals surface area contributed by atoms with E-state index in [2.05, 4.69) is 19.2 Å². The smallest absolute Gasteiger partial charge is 0.251 e. The molecule has 1 amide bonds. The van der Waals surface area contributed by atoms with Crippen LogP contribution in [0.25, 0.3) is 0 Å². The number of carbonyl (C=O) groups excluding carboxylic acids is 1. The van der Waals surface area contributed by atoms with Crippen molar-refractivity contribution in [3.05, 3.63) is 23.8 Å². The van der Waals surface area contributed by atoms with Crippen LogP contribution in [0.4, 0.5) is 5.69 Å². The highest BCUT2D eigenvalue weighted by Gasteiger charge is 2.25. The van der Waals surface area contributed by atoms with Gasteiger partial charge in [-0.15, -0.1) is 0 Å². The second-order valence-corrected chi connectivity index (χ2v) is 6.27. The molecule has 1 aromatic rings. The summed E-state index contributed by atoms with van der Waals surface area (Å²) in [5.74, 6) is 1.89. The van der Waals surface area contributed by atoms with Gasteiger partial charge >= 0.3 is 0 Å². The number of hydrogen-bond donors (Lipinski definition) is 2. The number of anilines is 1. The fourth-order valence-corrected chi connectivity index (χ4v) is 3.19. The highest BCUT2D eigenvalue weighted by Crippen LogP contribution is 2.33. The Kier molecular flexibility index (Phi) is 5.10. The molecule has 3 N–H and O–H groups in total. The lowest BCUT2D eigenvalue weighted by Crippen LogP contribution is -2.29. The number of amides is 1. The molecular weight excluding hydrogens is 264 g/mol. The maximum Gasteiger partial charge on any atom is 0.251 e. The van der Waals surface area contributed by atoms with Crippen molar-refractivity contribution in [3.63, 3.8) is 0 Å². The van der Waals surface area contributed by atoms with Gasteiger partial charge in [0.25, 0.3) is 5.91 Å². The molecule has 1 aliphatic rings. The number of nitrogen functional groups attached to an aromatic ring is 1. The molecular formula is C17H26N2O2. The first-order valence-corrected chi connectivity index (χ1v) is 7.84. The summed E-state index contributed by atoms with van der Waals surface area (Å²) in [7, 11) is 0. The normalized spacial score (nSPS) is 25.4. The monoisotopic (exact) mass is 290 g/mol. The van der Waals surface area contributed by atoms with Crippen molar-refractivity contribution in [2.24, 2.45) is 11.8 Å². The highest BCUT2D eigenvalue weighted by atomic mass is 16.5. The van der Waals surface area contributed by atoms with Crippen LogP contribution in [-0.2, 0) is 0 Å². The maximum absolute atomic E-state index is 11.9. The van der Waals surface area contributed by atoms with Gasteiger partial charge in [-0.2, -0.15) is 0 Å². The molecule has 116 valence electrons.